The Hall–Kier alpha value is -2.49. The number of rotatable bonds is 6. The molecule has 0 amide bonds. The van der Waals surface area contributed by atoms with Crippen molar-refractivity contribution in [2.75, 3.05) is 6.61 Å². The molecule has 4 heteroatoms. The number of nitrogens with one attached hydrogen (secondary N) is 1. The van der Waals surface area contributed by atoms with Crippen LogP contribution in [0.3, 0.4) is 0 Å². The van der Waals surface area contributed by atoms with Gasteiger partial charge in [0.25, 0.3) is 0 Å². The van der Waals surface area contributed by atoms with Crippen LogP contribution < -0.4 is 15.2 Å². The average molecular weight is 284 g/mol. The molecule has 4 nitrogen and oxygen atoms in total. The van der Waals surface area contributed by atoms with Crippen LogP contribution in [0.15, 0.2) is 42.5 Å². The quantitative estimate of drug-likeness (QED) is 0.632. The number of nitrogens with two attached hydrogens (primary N) is 1. The van der Waals surface area contributed by atoms with Gasteiger partial charge in [0.05, 0.1) is 6.61 Å². The van der Waals surface area contributed by atoms with Gasteiger partial charge in [-0.3, -0.25) is 5.41 Å². The summed E-state index contributed by atoms with van der Waals surface area (Å²) < 4.78 is 11.4. The van der Waals surface area contributed by atoms with Gasteiger partial charge in [-0.25, -0.2) is 0 Å². The van der Waals surface area contributed by atoms with E-state index in [1.54, 1.807) is 18.2 Å². The minimum Gasteiger partial charge on any atom is -0.490 e. The minimum absolute atomic E-state index is 0.0148. The third-order valence-corrected chi connectivity index (χ3v) is 3.07. The molecule has 2 rings (SSSR count). The van der Waals surface area contributed by atoms with Gasteiger partial charge in [0.2, 0.25) is 0 Å². The van der Waals surface area contributed by atoms with Gasteiger partial charge >= 0.3 is 0 Å². The summed E-state index contributed by atoms with van der Waals surface area (Å²) in [6.45, 7) is 4.96. The zero-order valence-corrected chi connectivity index (χ0v) is 12.3. The molecule has 0 saturated heterocycles. The van der Waals surface area contributed by atoms with Crippen molar-refractivity contribution in [1.29, 1.82) is 5.41 Å². The van der Waals surface area contributed by atoms with Crippen molar-refractivity contribution in [3.8, 4) is 11.5 Å². The normalized spacial score (nSPS) is 10.2. The molecule has 0 bridgehead atoms. The van der Waals surface area contributed by atoms with Crippen molar-refractivity contribution < 1.29 is 9.47 Å². The Morgan fingerprint density at radius 3 is 2.38 bits per heavy atom. The second-order valence-corrected chi connectivity index (χ2v) is 4.78. The lowest BCUT2D eigenvalue weighted by Gasteiger charge is -2.13. The van der Waals surface area contributed by atoms with Crippen LogP contribution in [0, 0.1) is 12.3 Å². The lowest BCUT2D eigenvalue weighted by Crippen LogP contribution is -2.11. The molecule has 3 N–H and O–H groups in total. The fraction of sp³-hybridized carbons (Fsp3) is 0.235. The highest BCUT2D eigenvalue weighted by Crippen LogP contribution is 2.29. The summed E-state index contributed by atoms with van der Waals surface area (Å²) in [5, 5.41) is 7.47. The van der Waals surface area contributed by atoms with Crippen LogP contribution in [0.1, 0.15) is 23.6 Å². The molecule has 2 aromatic carbocycles. The van der Waals surface area contributed by atoms with Gasteiger partial charge in [-0.05, 0) is 37.6 Å². The number of ether oxygens (including phenoxy) is 2. The van der Waals surface area contributed by atoms with Crippen molar-refractivity contribution in [3.63, 3.8) is 0 Å². The van der Waals surface area contributed by atoms with E-state index in [-0.39, 0.29) is 5.84 Å². The van der Waals surface area contributed by atoms with E-state index in [4.69, 9.17) is 20.6 Å². The van der Waals surface area contributed by atoms with Gasteiger partial charge in [-0.15, -0.1) is 0 Å². The standard InChI is InChI=1S/C17H20N2O2/c1-3-20-16-10-14(17(18)19)8-9-15(16)21-11-13-6-4-12(2)5-7-13/h4-10H,3,11H2,1-2H3,(H3,18,19). The van der Waals surface area contributed by atoms with E-state index >= 15 is 0 Å². The lowest BCUT2D eigenvalue weighted by atomic mass is 10.1. The van der Waals surface area contributed by atoms with Crippen LogP contribution in [0.25, 0.3) is 0 Å². The molecular weight excluding hydrogens is 264 g/mol. The summed E-state index contributed by atoms with van der Waals surface area (Å²) in [6, 6.07) is 13.5. The minimum atomic E-state index is 0.0148. The third-order valence-electron chi connectivity index (χ3n) is 3.07. The summed E-state index contributed by atoms with van der Waals surface area (Å²) in [4.78, 5) is 0. The van der Waals surface area contributed by atoms with E-state index < -0.39 is 0 Å². The highest BCUT2D eigenvalue weighted by Gasteiger charge is 2.08. The van der Waals surface area contributed by atoms with Crippen LogP contribution >= 0.6 is 0 Å². The molecule has 0 heterocycles. The van der Waals surface area contributed by atoms with Gasteiger partial charge in [-0.2, -0.15) is 0 Å². The second-order valence-electron chi connectivity index (χ2n) is 4.78. The van der Waals surface area contributed by atoms with Gasteiger partial charge in [0, 0.05) is 5.56 Å². The fourth-order valence-corrected chi connectivity index (χ4v) is 1.91. The predicted octanol–water partition coefficient (Wildman–Crippen LogP) is 3.26. The van der Waals surface area contributed by atoms with E-state index in [9.17, 15) is 0 Å². The molecule has 0 aliphatic carbocycles. The molecule has 0 aliphatic rings. The van der Waals surface area contributed by atoms with Crippen LogP contribution in [-0.4, -0.2) is 12.4 Å². The molecule has 0 aliphatic heterocycles. The first-order valence-electron chi connectivity index (χ1n) is 6.89. The number of hydrogen-bond acceptors (Lipinski definition) is 3. The van der Waals surface area contributed by atoms with Crippen molar-refractivity contribution in [2.24, 2.45) is 5.73 Å². The maximum Gasteiger partial charge on any atom is 0.161 e. The van der Waals surface area contributed by atoms with Crippen molar-refractivity contribution in [2.45, 2.75) is 20.5 Å². The van der Waals surface area contributed by atoms with E-state index in [2.05, 4.69) is 19.1 Å². The first-order chi connectivity index (χ1) is 10.1. The van der Waals surface area contributed by atoms with E-state index in [1.807, 2.05) is 19.1 Å². The number of aryl methyl sites for hydroxylation is 1. The van der Waals surface area contributed by atoms with E-state index in [1.165, 1.54) is 5.56 Å². The van der Waals surface area contributed by atoms with E-state index in [0.29, 0.717) is 30.3 Å². The Kier molecular flexibility index (Phi) is 4.82. The molecule has 0 radical (unpaired) electrons. The predicted molar refractivity (Wildman–Crippen MR) is 84.1 cm³/mol. The zero-order valence-electron chi connectivity index (χ0n) is 12.3. The smallest absolute Gasteiger partial charge is 0.161 e. The SMILES string of the molecule is CCOc1cc(C(=N)N)ccc1OCc1ccc(C)cc1. The molecule has 2 aromatic rings. The summed E-state index contributed by atoms with van der Waals surface area (Å²) >= 11 is 0. The molecule has 0 fully saturated rings. The average Bonchev–Trinajstić information content (AvgIpc) is 2.47. The first-order valence-corrected chi connectivity index (χ1v) is 6.89. The highest BCUT2D eigenvalue weighted by molar-refractivity contribution is 5.95. The third kappa shape index (κ3) is 3.99. The molecule has 0 aromatic heterocycles. The first kappa shape index (κ1) is 14.9. The molecule has 110 valence electrons. The number of nitrogen functional groups attached to an aromatic ring is 1. The largest absolute Gasteiger partial charge is 0.490 e. The summed E-state index contributed by atoms with van der Waals surface area (Å²) in [5.41, 5.74) is 8.44. The van der Waals surface area contributed by atoms with Gasteiger partial charge < -0.3 is 15.2 Å². The topological polar surface area (TPSA) is 68.3 Å². The lowest BCUT2D eigenvalue weighted by molar-refractivity contribution is 0.269. The Balaban J connectivity index is 2.14. The van der Waals surface area contributed by atoms with Crippen molar-refractivity contribution >= 4 is 5.84 Å². The van der Waals surface area contributed by atoms with Gasteiger partial charge in [-0.1, -0.05) is 29.8 Å². The Labute approximate surface area is 125 Å². The molecule has 21 heavy (non-hydrogen) atoms. The molecule has 0 saturated carbocycles. The number of amidine groups is 1. The second kappa shape index (κ2) is 6.79. The van der Waals surface area contributed by atoms with Crippen molar-refractivity contribution in [3.05, 3.63) is 59.2 Å². The van der Waals surface area contributed by atoms with Crippen LogP contribution in [0.2, 0.25) is 0 Å². The van der Waals surface area contributed by atoms with Crippen LogP contribution in [-0.2, 0) is 6.61 Å². The summed E-state index contributed by atoms with van der Waals surface area (Å²) in [5.74, 6) is 1.28. The van der Waals surface area contributed by atoms with Crippen molar-refractivity contribution in [1.82, 2.24) is 0 Å². The Morgan fingerprint density at radius 1 is 1.05 bits per heavy atom. The maximum absolute atomic E-state index is 7.47. The molecule has 0 atom stereocenters. The maximum atomic E-state index is 7.47. The molecule has 0 unspecified atom stereocenters. The Bertz CT molecular complexity index is 621. The fourth-order valence-electron chi connectivity index (χ4n) is 1.91. The summed E-state index contributed by atoms with van der Waals surface area (Å²) in [7, 11) is 0. The van der Waals surface area contributed by atoms with E-state index in [0.717, 1.165) is 5.56 Å². The highest BCUT2D eigenvalue weighted by atomic mass is 16.5. The molecular formula is C17H20N2O2. The monoisotopic (exact) mass is 284 g/mol. The zero-order chi connectivity index (χ0) is 15.2. The molecule has 0 spiro atoms. The van der Waals surface area contributed by atoms with Gasteiger partial charge in [0.15, 0.2) is 11.5 Å². The van der Waals surface area contributed by atoms with Gasteiger partial charge in [0.1, 0.15) is 12.4 Å². The van der Waals surface area contributed by atoms with Crippen LogP contribution in [0.4, 0.5) is 0 Å². The van der Waals surface area contributed by atoms with Crippen LogP contribution in [0.5, 0.6) is 11.5 Å². The number of hydrogen-bond donors (Lipinski definition) is 2. The summed E-state index contributed by atoms with van der Waals surface area (Å²) in [6.07, 6.45) is 0. The Morgan fingerprint density at radius 2 is 1.76 bits per heavy atom. The number of benzene rings is 2.